The number of piperazine rings is 1. The number of anilines is 3. The predicted octanol–water partition coefficient (Wildman–Crippen LogP) is 8.35. The Morgan fingerprint density at radius 2 is 1.57 bits per heavy atom. The number of benzene rings is 2. The molecule has 2 bridgehead atoms. The number of carbonyl (C=O) groups is 2. The Hall–Kier alpha value is -5.66. The van der Waals surface area contributed by atoms with E-state index in [4.69, 9.17) is 10.3 Å². The zero-order chi connectivity index (χ0) is 55.0. The van der Waals surface area contributed by atoms with Gasteiger partial charge in [0.15, 0.2) is 17.4 Å². The molecule has 79 heavy (non-hydrogen) atoms. The number of aliphatic hydroxyl groups excluding tert-OH is 1. The molecular weight excluding hydrogens is 1010 g/mol. The van der Waals surface area contributed by atoms with Crippen molar-refractivity contribution in [3.8, 4) is 27.4 Å². The summed E-state index contributed by atoms with van der Waals surface area (Å²) >= 11 is 1.63. The molecule has 6 aliphatic heterocycles. The number of carbonyl (C=O) groups excluding carboxylic acids is 2. The number of aliphatic hydroxyl groups is 1. The van der Waals surface area contributed by atoms with E-state index in [-0.39, 0.29) is 35.6 Å². The number of aromatic hydroxyl groups is 1. The Kier molecular flexibility index (Phi) is 16.7. The van der Waals surface area contributed by atoms with E-state index in [9.17, 15) is 19.8 Å². The summed E-state index contributed by atoms with van der Waals surface area (Å²) in [4.78, 5) is 47.6. The summed E-state index contributed by atoms with van der Waals surface area (Å²) in [6, 6.07) is 20.6. The fraction of sp³-hybridized carbons (Fsp3) is 0.607. The number of aryl methyl sites for hydroxylation is 1. The first-order valence-electron chi connectivity index (χ1n) is 29.5. The second kappa shape index (κ2) is 23.8. The topological polar surface area (TPSA) is 197 Å². The van der Waals surface area contributed by atoms with E-state index in [1.54, 1.807) is 28.4 Å². The molecule has 1 spiro atoms. The molecule has 5 aromatic rings. The Labute approximate surface area is 470 Å². The molecule has 2 aromatic carbocycles. The first-order valence-corrected chi connectivity index (χ1v) is 30.4. The molecule has 2 amide bonds. The van der Waals surface area contributed by atoms with Crippen LogP contribution < -0.4 is 20.9 Å². The Bertz CT molecular complexity index is 2860. The summed E-state index contributed by atoms with van der Waals surface area (Å²) in [6.45, 7) is 18.1. The van der Waals surface area contributed by atoms with Crippen LogP contribution in [0.15, 0.2) is 70.7 Å². The van der Waals surface area contributed by atoms with Crippen LogP contribution in [0.3, 0.4) is 0 Å². The van der Waals surface area contributed by atoms with Crippen molar-refractivity contribution >= 4 is 40.5 Å². The van der Waals surface area contributed by atoms with E-state index in [1.165, 1.54) is 64.7 Å². The molecule has 5 N–H and O–H groups in total. The molecule has 1 aliphatic carbocycles. The minimum atomic E-state index is -0.502. The van der Waals surface area contributed by atoms with E-state index < -0.39 is 12.0 Å². The number of likely N-dealkylation sites (N-methyl/N-ethyl adjacent to an activating group) is 1. The molecule has 3 aromatic heterocycles. The van der Waals surface area contributed by atoms with Gasteiger partial charge >= 0.3 is 0 Å². The standard InChI is InChI=1S/C44H63N7O4S.C17H21N5O/c1-29(2)40(43(54)51-18-6-8-37(51)42(53)46-30(3)33-9-11-34(12-10-33)41-31(4)45-28-56-41)38-23-39(47-55-38)49-19-13-32(14-20-49)26-48-21-15-44(16-22-48)24-35(25-44)50-17-5-7-36(52)27-50;1-21-11-6-7-12(21)10-22(9-11)15-8-14(19-20-17(15)18)13-4-2-3-5-16(13)23/h9-12,23,28-30,32,35-37,40,52H,5-8,13-22,24-27H2,1-4H3,(H,46,53);2-5,8,11-12,23H,6-7,9-10H2,1H3,(H2,18,20). The number of nitrogens with two attached hydrogens (primary N) is 1. The highest BCUT2D eigenvalue weighted by Crippen LogP contribution is 2.51. The Balaban J connectivity index is 0.000000238. The van der Waals surface area contributed by atoms with Gasteiger partial charge in [-0.25, -0.2) is 4.98 Å². The summed E-state index contributed by atoms with van der Waals surface area (Å²) in [6.07, 6.45) is 13.5. The zero-order valence-corrected chi connectivity index (χ0v) is 48.0. The van der Waals surface area contributed by atoms with Gasteiger partial charge in [0.2, 0.25) is 11.8 Å². The van der Waals surface area contributed by atoms with Crippen LogP contribution in [0.4, 0.5) is 17.3 Å². The van der Waals surface area contributed by atoms with Crippen LogP contribution in [-0.4, -0.2) is 165 Å². The predicted molar refractivity (Wildman–Crippen MR) is 311 cm³/mol. The summed E-state index contributed by atoms with van der Waals surface area (Å²) < 4.78 is 5.95. The number of phenolic OH excluding ortho intramolecular Hbond substituents is 1. The molecule has 12 rings (SSSR count). The van der Waals surface area contributed by atoms with Crippen molar-refractivity contribution in [2.24, 2.45) is 17.3 Å². The third-order valence-electron chi connectivity index (χ3n) is 19.2. The van der Waals surface area contributed by atoms with Gasteiger partial charge in [-0.3, -0.25) is 19.4 Å². The average Bonchev–Trinajstić information content (AvgIpc) is 4.36. The number of para-hydroxylation sites is 1. The lowest BCUT2D eigenvalue weighted by Gasteiger charge is -2.56. The van der Waals surface area contributed by atoms with E-state index >= 15 is 0 Å². The van der Waals surface area contributed by atoms with Crippen molar-refractivity contribution in [3.63, 3.8) is 0 Å². The fourth-order valence-electron chi connectivity index (χ4n) is 14.3. The van der Waals surface area contributed by atoms with Crippen molar-refractivity contribution < 1.29 is 24.3 Å². The van der Waals surface area contributed by atoms with Gasteiger partial charge in [-0.05, 0) is 164 Å². The van der Waals surface area contributed by atoms with Crippen LogP contribution in [0, 0.1) is 24.2 Å². The van der Waals surface area contributed by atoms with Gasteiger partial charge in [-0.1, -0.05) is 55.4 Å². The number of phenols is 1. The zero-order valence-electron chi connectivity index (χ0n) is 47.2. The Morgan fingerprint density at radius 1 is 0.848 bits per heavy atom. The first-order chi connectivity index (χ1) is 38.2. The maximum Gasteiger partial charge on any atom is 0.243 e. The minimum Gasteiger partial charge on any atom is -0.507 e. The molecule has 17 nitrogen and oxygen atoms in total. The normalized spacial score (nSPS) is 24.8. The molecule has 0 radical (unpaired) electrons. The smallest absolute Gasteiger partial charge is 0.243 e. The number of piperidine rings is 3. The second-order valence-corrected chi connectivity index (χ2v) is 25.5. The van der Waals surface area contributed by atoms with Crippen molar-refractivity contribution in [1.82, 2.24) is 45.3 Å². The number of hydrogen-bond donors (Lipinski definition) is 4. The van der Waals surface area contributed by atoms with Crippen LogP contribution in [-0.2, 0) is 9.59 Å². The highest BCUT2D eigenvalue weighted by Gasteiger charge is 2.48. The number of nitrogen functional groups attached to an aromatic ring is 1. The van der Waals surface area contributed by atoms with Gasteiger partial charge in [0.25, 0.3) is 0 Å². The molecule has 6 saturated heterocycles. The third kappa shape index (κ3) is 12.1. The number of nitrogens with one attached hydrogen (secondary N) is 1. The number of β-amino-alcohol motifs (C(OH)–C–C–N with tert-alkyl or cyclic N) is 1. The number of aromatic nitrogens is 4. The third-order valence-corrected chi connectivity index (χ3v) is 20.2. The van der Waals surface area contributed by atoms with Gasteiger partial charge < -0.3 is 45.4 Å². The molecule has 6 atom stereocenters. The molecular formula is C61H84N12O5S. The van der Waals surface area contributed by atoms with Gasteiger partial charge in [0.1, 0.15) is 17.7 Å². The molecule has 9 heterocycles. The number of hydrogen-bond acceptors (Lipinski definition) is 16. The highest BCUT2D eigenvalue weighted by molar-refractivity contribution is 7.13. The monoisotopic (exact) mass is 1100 g/mol. The summed E-state index contributed by atoms with van der Waals surface area (Å²) in [5, 5.41) is 36.2. The molecule has 7 aliphatic rings. The van der Waals surface area contributed by atoms with Crippen molar-refractivity contribution in [2.75, 3.05) is 88.0 Å². The van der Waals surface area contributed by atoms with Crippen LogP contribution in [0.5, 0.6) is 5.75 Å². The lowest BCUT2D eigenvalue weighted by Crippen LogP contribution is -2.57. The van der Waals surface area contributed by atoms with Gasteiger partial charge in [0, 0.05) is 75.6 Å². The summed E-state index contributed by atoms with van der Waals surface area (Å²) in [5.41, 5.74) is 13.9. The molecule has 6 unspecified atom stereocenters. The van der Waals surface area contributed by atoms with Crippen LogP contribution in [0.2, 0.25) is 0 Å². The van der Waals surface area contributed by atoms with Crippen LogP contribution in [0.25, 0.3) is 21.7 Å². The van der Waals surface area contributed by atoms with E-state index in [2.05, 4.69) is 81.5 Å². The van der Waals surface area contributed by atoms with E-state index in [0.29, 0.717) is 65.3 Å². The van der Waals surface area contributed by atoms with Gasteiger partial charge in [-0.15, -0.1) is 21.5 Å². The lowest BCUT2D eigenvalue weighted by molar-refractivity contribution is -0.141. The number of thiazole rings is 1. The Morgan fingerprint density at radius 3 is 2.25 bits per heavy atom. The van der Waals surface area contributed by atoms with Crippen LogP contribution >= 0.6 is 11.3 Å². The second-order valence-electron chi connectivity index (χ2n) is 24.7. The molecule has 18 heteroatoms. The van der Waals surface area contributed by atoms with E-state index in [0.717, 1.165) is 98.0 Å². The quantitative estimate of drug-likeness (QED) is 0.0878. The number of fused-ring (bicyclic) bond motifs is 2. The van der Waals surface area contributed by atoms with Crippen molar-refractivity contribution in [2.45, 2.75) is 147 Å². The van der Waals surface area contributed by atoms with Crippen molar-refractivity contribution in [3.05, 3.63) is 83.2 Å². The largest absolute Gasteiger partial charge is 0.507 e. The van der Waals surface area contributed by atoms with Gasteiger partial charge in [-0.2, -0.15) is 0 Å². The highest BCUT2D eigenvalue weighted by atomic mass is 32.1. The molecule has 424 valence electrons. The number of rotatable bonds is 13. The molecule has 1 saturated carbocycles. The fourth-order valence-corrected chi connectivity index (χ4v) is 15.1. The van der Waals surface area contributed by atoms with Gasteiger partial charge in [0.05, 0.1) is 39.6 Å². The summed E-state index contributed by atoms with van der Waals surface area (Å²) in [7, 11) is 2.21. The maximum absolute atomic E-state index is 14.2. The number of likely N-dealkylation sites (tertiary alicyclic amines) is 3. The van der Waals surface area contributed by atoms with Crippen molar-refractivity contribution in [1.29, 1.82) is 0 Å². The average molecular weight is 1100 g/mol. The first kappa shape index (κ1) is 55.3. The lowest BCUT2D eigenvalue weighted by atomic mass is 9.59. The number of amides is 2. The minimum absolute atomic E-state index is 0.00913. The maximum atomic E-state index is 14.2. The summed E-state index contributed by atoms with van der Waals surface area (Å²) in [5.74, 6) is 2.09. The number of nitrogens with zero attached hydrogens (tertiary/aromatic N) is 10. The molecule has 7 fully saturated rings. The SMILES string of the molecule is CN1C2CCC1CN(c1cc(-c3ccccc3O)nnc1N)C2.Cc1ncsc1-c1ccc(C(C)NC(=O)C2CCCN2C(=O)C(c2cc(N3CCC(CN4CCC5(CC4)CC(N4CCCC(O)C4)C5)CC3)no2)C(C)C)cc1. The van der Waals surface area contributed by atoms with Crippen LogP contribution in [0.1, 0.15) is 127 Å². The van der Waals surface area contributed by atoms with E-state index in [1.807, 2.05) is 57.5 Å².